The van der Waals surface area contributed by atoms with Crippen LogP contribution in [0.1, 0.15) is 0 Å². The van der Waals surface area contributed by atoms with E-state index >= 15 is 0 Å². The SMILES string of the molecule is CNC.O=S(=O)(O)C(F)C(F)(F)C(F)(F)C(F)(F)C(F)(F)C(F)C(F)F. The van der Waals surface area contributed by atoms with Crippen molar-refractivity contribution in [2.45, 2.75) is 41.8 Å². The maximum Gasteiger partial charge on any atom is 0.382 e. The van der Waals surface area contributed by atoms with Gasteiger partial charge in [0.15, 0.2) is 0 Å². The summed E-state index contributed by atoms with van der Waals surface area (Å²) in [6, 6.07) is 0. The number of hydrogen-bond acceptors (Lipinski definition) is 3. The summed E-state index contributed by atoms with van der Waals surface area (Å²) in [5.74, 6) is -29.7. The maximum absolute atomic E-state index is 12.9. The lowest BCUT2D eigenvalue weighted by Crippen LogP contribution is -2.68. The molecule has 0 saturated carbocycles. The van der Waals surface area contributed by atoms with Gasteiger partial charge in [0, 0.05) is 0 Å². The van der Waals surface area contributed by atoms with Crippen LogP contribution in [0.5, 0.6) is 0 Å². The smallest absolute Gasteiger partial charge is 0.323 e. The first-order valence-corrected chi connectivity index (χ1v) is 7.30. The Morgan fingerprint density at radius 1 is 0.769 bits per heavy atom. The predicted octanol–water partition coefficient (Wildman–Crippen LogP) is 3.15. The fourth-order valence-corrected chi connectivity index (χ4v) is 1.60. The number of rotatable bonds is 7. The molecule has 0 heterocycles. The second-order valence-electron chi connectivity index (χ2n) is 4.46. The van der Waals surface area contributed by atoms with Crippen molar-refractivity contribution < 1.29 is 65.7 Å². The molecule has 0 amide bonds. The topological polar surface area (TPSA) is 66.4 Å². The van der Waals surface area contributed by atoms with E-state index in [1.54, 1.807) is 0 Å². The minimum absolute atomic E-state index is 1.88. The molecule has 0 aliphatic carbocycles. The van der Waals surface area contributed by atoms with Gasteiger partial charge < -0.3 is 5.32 Å². The molecule has 160 valence electrons. The molecular weight excluding hydrogens is 430 g/mol. The van der Waals surface area contributed by atoms with Gasteiger partial charge in [0.2, 0.25) is 6.17 Å². The van der Waals surface area contributed by atoms with E-state index in [1.165, 1.54) is 0 Å². The Labute approximate surface area is 138 Å². The Kier molecular flexibility index (Phi) is 8.77. The van der Waals surface area contributed by atoms with E-state index in [4.69, 9.17) is 4.55 Å². The lowest BCUT2D eigenvalue weighted by Gasteiger charge is -2.37. The van der Waals surface area contributed by atoms with Crippen molar-refractivity contribution in [1.29, 1.82) is 0 Å². The molecule has 26 heavy (non-hydrogen) atoms. The zero-order valence-electron chi connectivity index (χ0n) is 12.4. The predicted molar refractivity (Wildman–Crippen MR) is 62.1 cm³/mol. The van der Waals surface area contributed by atoms with E-state index < -0.39 is 51.9 Å². The van der Waals surface area contributed by atoms with Gasteiger partial charge in [-0.2, -0.15) is 43.5 Å². The van der Waals surface area contributed by atoms with Crippen molar-refractivity contribution >= 4 is 10.1 Å². The van der Waals surface area contributed by atoms with Crippen LogP contribution in [0, 0.1) is 0 Å². The Balaban J connectivity index is 0. The van der Waals surface area contributed by atoms with Crippen LogP contribution < -0.4 is 5.32 Å². The standard InChI is InChI=1S/C7H4F12O3S.C2H7N/c8-1(2(9)10)4(12,13)6(16,17)7(18,19)5(14,15)3(11)23(20,21)22;1-3-2/h1-3H,(H,20,21,22);3H,1-2H3. The summed E-state index contributed by atoms with van der Waals surface area (Å²) in [6.45, 7) is 0. The molecule has 0 aliphatic rings. The highest BCUT2D eigenvalue weighted by molar-refractivity contribution is 7.86. The van der Waals surface area contributed by atoms with Gasteiger partial charge >= 0.3 is 33.8 Å². The van der Waals surface area contributed by atoms with Gasteiger partial charge in [0.25, 0.3) is 11.9 Å². The van der Waals surface area contributed by atoms with E-state index in [9.17, 15) is 61.1 Å². The van der Waals surface area contributed by atoms with Gasteiger partial charge in [-0.05, 0) is 14.1 Å². The van der Waals surface area contributed by atoms with Crippen molar-refractivity contribution in [3.05, 3.63) is 0 Å². The van der Waals surface area contributed by atoms with E-state index in [0.29, 0.717) is 0 Å². The van der Waals surface area contributed by atoms with E-state index in [0.717, 1.165) is 0 Å². The van der Waals surface area contributed by atoms with Gasteiger partial charge in [-0.1, -0.05) is 0 Å². The van der Waals surface area contributed by atoms with Crippen LogP contribution in [0.25, 0.3) is 0 Å². The summed E-state index contributed by atoms with van der Waals surface area (Å²) in [6.07, 6.45) is -10.4. The first-order valence-electron chi connectivity index (χ1n) is 5.80. The quantitative estimate of drug-likeness (QED) is 0.471. The third kappa shape index (κ3) is 4.85. The van der Waals surface area contributed by atoms with Crippen molar-refractivity contribution in [1.82, 2.24) is 5.32 Å². The molecule has 0 aromatic rings. The lowest BCUT2D eigenvalue weighted by atomic mass is 9.96. The lowest BCUT2D eigenvalue weighted by molar-refractivity contribution is -0.383. The largest absolute Gasteiger partial charge is 0.382 e. The van der Waals surface area contributed by atoms with Gasteiger partial charge in [-0.3, -0.25) is 4.55 Å². The normalized spacial score (nSPS) is 16.8. The van der Waals surface area contributed by atoms with Crippen molar-refractivity contribution in [3.8, 4) is 0 Å². The minimum atomic E-state index is -7.68. The van der Waals surface area contributed by atoms with Crippen LogP contribution in [-0.4, -0.2) is 68.9 Å². The molecule has 4 nitrogen and oxygen atoms in total. The van der Waals surface area contributed by atoms with E-state index in [2.05, 4.69) is 5.32 Å². The summed E-state index contributed by atoms with van der Waals surface area (Å²) in [5.41, 5.74) is -5.53. The zero-order valence-corrected chi connectivity index (χ0v) is 13.3. The minimum Gasteiger partial charge on any atom is -0.323 e. The molecule has 0 radical (unpaired) electrons. The summed E-state index contributed by atoms with van der Waals surface area (Å²) in [5, 5.41) is 2.75. The van der Waals surface area contributed by atoms with Gasteiger partial charge in [-0.25, -0.2) is 17.6 Å². The number of alkyl halides is 12. The van der Waals surface area contributed by atoms with Crippen molar-refractivity contribution in [2.75, 3.05) is 14.1 Å². The van der Waals surface area contributed by atoms with E-state index in [1.807, 2.05) is 14.1 Å². The maximum atomic E-state index is 12.9. The third-order valence-electron chi connectivity index (χ3n) is 2.35. The average molecular weight is 441 g/mol. The molecule has 2 atom stereocenters. The molecule has 0 saturated heterocycles. The monoisotopic (exact) mass is 441 g/mol. The highest BCUT2D eigenvalue weighted by Gasteiger charge is 2.85. The van der Waals surface area contributed by atoms with Crippen LogP contribution in [0.4, 0.5) is 52.7 Å². The zero-order chi connectivity index (χ0) is 21.9. The molecule has 0 bridgehead atoms. The van der Waals surface area contributed by atoms with Crippen LogP contribution in [-0.2, 0) is 10.1 Å². The summed E-state index contributed by atoms with van der Waals surface area (Å²) < 4.78 is 178. The van der Waals surface area contributed by atoms with Crippen LogP contribution in [0.3, 0.4) is 0 Å². The Bertz CT molecular complexity index is 552. The summed E-state index contributed by atoms with van der Waals surface area (Å²) in [4.78, 5) is 0. The fraction of sp³-hybridized carbons (Fsp3) is 1.00. The molecule has 0 rings (SSSR count). The van der Waals surface area contributed by atoms with E-state index in [-0.39, 0.29) is 0 Å². The second-order valence-corrected chi connectivity index (χ2v) is 5.91. The van der Waals surface area contributed by atoms with Crippen LogP contribution in [0.15, 0.2) is 0 Å². The van der Waals surface area contributed by atoms with Gasteiger partial charge in [0.05, 0.1) is 0 Å². The Morgan fingerprint density at radius 2 is 1.04 bits per heavy atom. The third-order valence-corrected chi connectivity index (χ3v) is 3.16. The first kappa shape index (κ1) is 27.3. The number of halogens is 12. The molecule has 0 fully saturated rings. The van der Waals surface area contributed by atoms with Gasteiger partial charge in [0.1, 0.15) is 0 Å². The van der Waals surface area contributed by atoms with Gasteiger partial charge in [-0.15, -0.1) is 0 Å². The Hall–Kier alpha value is -0.970. The summed E-state index contributed by atoms with van der Waals surface area (Å²) >= 11 is 0. The van der Waals surface area contributed by atoms with Crippen LogP contribution in [0.2, 0.25) is 0 Å². The Morgan fingerprint density at radius 3 is 1.27 bits per heavy atom. The number of nitrogens with one attached hydrogen (secondary N) is 1. The fourth-order valence-electron chi connectivity index (χ4n) is 1.08. The highest BCUT2D eigenvalue weighted by Crippen LogP contribution is 2.56. The molecule has 0 spiro atoms. The molecule has 2 N–H and O–H groups in total. The summed E-state index contributed by atoms with van der Waals surface area (Å²) in [7, 11) is -3.05. The molecule has 2 unspecified atom stereocenters. The first-order chi connectivity index (χ1) is 11.2. The molecule has 0 aromatic heterocycles. The molecule has 17 heteroatoms. The van der Waals surface area contributed by atoms with Crippen molar-refractivity contribution in [3.63, 3.8) is 0 Å². The second kappa shape index (κ2) is 8.37. The molecule has 0 aliphatic heterocycles. The molecular formula is C9H11F12NO3S. The highest BCUT2D eigenvalue weighted by atomic mass is 32.2. The number of hydrogen-bond donors (Lipinski definition) is 2. The van der Waals surface area contributed by atoms with Crippen LogP contribution >= 0.6 is 0 Å². The van der Waals surface area contributed by atoms with Crippen molar-refractivity contribution in [2.24, 2.45) is 0 Å². The molecule has 0 aromatic carbocycles. The average Bonchev–Trinajstić information content (AvgIpc) is 2.44.